The molecule has 2 fully saturated rings. The summed E-state index contributed by atoms with van der Waals surface area (Å²) in [5.41, 5.74) is -4.08. The number of nitrogens with one attached hydrogen (secondary N) is 2. The van der Waals surface area contributed by atoms with Crippen molar-refractivity contribution in [2.75, 3.05) is 32.7 Å². The summed E-state index contributed by atoms with van der Waals surface area (Å²) in [5, 5.41) is 17.1. The van der Waals surface area contributed by atoms with Crippen molar-refractivity contribution in [1.82, 2.24) is 9.80 Å². The van der Waals surface area contributed by atoms with Gasteiger partial charge in [-0.1, -0.05) is 35.7 Å². The van der Waals surface area contributed by atoms with E-state index in [0.717, 1.165) is 39.0 Å². The highest BCUT2D eigenvalue weighted by molar-refractivity contribution is 6.42. The van der Waals surface area contributed by atoms with E-state index in [0.29, 0.717) is 54.6 Å². The van der Waals surface area contributed by atoms with Crippen molar-refractivity contribution >= 4 is 40.9 Å². The zero-order chi connectivity index (χ0) is 34.4. The van der Waals surface area contributed by atoms with Crippen molar-refractivity contribution in [3.8, 4) is 0 Å². The summed E-state index contributed by atoms with van der Waals surface area (Å²) in [6.07, 6.45) is -2.82. The van der Waals surface area contributed by atoms with E-state index < -0.39 is 52.4 Å². The fraction of sp³-hybridized carbons (Fsp3) is 0.559. The number of carbonyl (C=O) groups excluding carboxylic acids is 1. The fourth-order valence-electron chi connectivity index (χ4n) is 6.88. The Morgan fingerprint density at radius 3 is 2.00 bits per heavy atom. The van der Waals surface area contributed by atoms with Crippen molar-refractivity contribution < 1.29 is 31.1 Å². The highest BCUT2D eigenvalue weighted by Gasteiger charge is 2.39. The van der Waals surface area contributed by atoms with E-state index in [1.54, 1.807) is 18.2 Å². The molecule has 0 unspecified atom stereocenters. The van der Waals surface area contributed by atoms with Crippen LogP contribution in [-0.2, 0) is 29.0 Å². The zero-order valence-electron chi connectivity index (χ0n) is 26.1. The van der Waals surface area contributed by atoms with Crippen LogP contribution in [0.15, 0.2) is 36.4 Å². The van der Waals surface area contributed by atoms with Crippen molar-refractivity contribution in [3.05, 3.63) is 68.7 Å². The number of hydrogen-bond donors (Lipinski definition) is 2. The third-order valence-electron chi connectivity index (χ3n) is 9.53. The third kappa shape index (κ3) is 10.0. The minimum absolute atomic E-state index is 0.0152. The van der Waals surface area contributed by atoms with Crippen LogP contribution in [0.1, 0.15) is 80.0 Å². The summed E-state index contributed by atoms with van der Waals surface area (Å²) in [6.45, 7) is 4.66. The lowest BCUT2D eigenvalue weighted by atomic mass is 9.69. The number of ketones is 1. The lowest BCUT2D eigenvalue weighted by molar-refractivity contribution is -0.143. The second-order valence-electron chi connectivity index (χ2n) is 12.7. The summed E-state index contributed by atoms with van der Waals surface area (Å²) in [4.78, 5) is 18.3. The molecule has 0 amide bonds. The molecule has 258 valence electrons. The van der Waals surface area contributed by atoms with Crippen LogP contribution < -0.4 is 0 Å². The quantitative estimate of drug-likeness (QED) is 0.161. The number of benzene rings is 2. The molecule has 2 aromatic rings. The van der Waals surface area contributed by atoms with Gasteiger partial charge in [-0.05, 0) is 125 Å². The van der Waals surface area contributed by atoms with Gasteiger partial charge in [0.25, 0.3) is 0 Å². The van der Waals surface area contributed by atoms with Crippen LogP contribution in [0, 0.1) is 10.8 Å². The fourth-order valence-corrected chi connectivity index (χ4v) is 7.18. The van der Waals surface area contributed by atoms with E-state index in [2.05, 4.69) is 9.80 Å². The first-order valence-corrected chi connectivity index (χ1v) is 16.7. The molecule has 0 aliphatic carbocycles. The first-order chi connectivity index (χ1) is 22.1. The summed E-state index contributed by atoms with van der Waals surface area (Å²) < 4.78 is 80.6. The van der Waals surface area contributed by atoms with Gasteiger partial charge in [-0.15, -0.1) is 0 Å². The molecule has 0 radical (unpaired) electrons. The van der Waals surface area contributed by atoms with Gasteiger partial charge in [0.15, 0.2) is 5.78 Å². The van der Waals surface area contributed by atoms with Crippen molar-refractivity contribution in [1.29, 1.82) is 10.8 Å². The van der Waals surface area contributed by atoms with Crippen LogP contribution in [0.25, 0.3) is 0 Å². The number of halogens is 8. The average molecular weight is 706 g/mol. The molecule has 2 aliphatic rings. The van der Waals surface area contributed by atoms with Crippen molar-refractivity contribution in [2.45, 2.75) is 88.0 Å². The Morgan fingerprint density at radius 1 is 0.830 bits per heavy atom. The number of piperidine rings is 2. The number of hydrogen-bond acceptors (Lipinski definition) is 5. The van der Waals surface area contributed by atoms with Gasteiger partial charge in [0.2, 0.25) is 0 Å². The molecule has 47 heavy (non-hydrogen) atoms. The molecular weight excluding hydrogens is 665 g/mol. The van der Waals surface area contributed by atoms with Crippen LogP contribution in [-0.4, -0.2) is 66.3 Å². The van der Waals surface area contributed by atoms with Crippen LogP contribution in [0.4, 0.5) is 26.3 Å². The Balaban J connectivity index is 1.56. The smallest absolute Gasteiger partial charge is 0.313 e. The zero-order valence-corrected chi connectivity index (χ0v) is 27.6. The van der Waals surface area contributed by atoms with Gasteiger partial charge in [0.1, 0.15) is 0 Å². The molecule has 4 rings (SSSR count). The standard InChI is InChI=1S/C34H40Cl2F6N4O/c35-28-6-5-24(21-29(28)36)32(9-4-11-43,10-16-45-14-7-27(8-15-45)46-12-2-1-3-13-46)22-30(44)31(47)19-23-17-25(33(37,38)39)20-26(18-23)34(40,41)42/h5-6,11,17-18,20-21,27,43-44H,1-4,7-10,12-16,19,22H2/t32-/m0/s1. The number of likely N-dealkylation sites (tertiary alicyclic amines) is 2. The topological polar surface area (TPSA) is 71.2 Å². The molecule has 2 aliphatic heterocycles. The number of Topliss-reactive ketones (excluding diaryl/α,β-unsaturated/α-hetero) is 1. The largest absolute Gasteiger partial charge is 0.416 e. The van der Waals surface area contributed by atoms with Gasteiger partial charge in [-0.25, -0.2) is 0 Å². The van der Waals surface area contributed by atoms with Crippen LogP contribution >= 0.6 is 23.2 Å². The number of carbonyl (C=O) groups is 1. The summed E-state index contributed by atoms with van der Waals surface area (Å²) in [6, 6.07) is 6.67. The lowest BCUT2D eigenvalue weighted by Crippen LogP contribution is -2.47. The lowest BCUT2D eigenvalue weighted by Gasteiger charge is -2.42. The summed E-state index contributed by atoms with van der Waals surface area (Å²) in [5.74, 6) is -0.876. The van der Waals surface area contributed by atoms with Gasteiger partial charge in [-0.3, -0.25) is 4.79 Å². The van der Waals surface area contributed by atoms with E-state index in [-0.39, 0.29) is 17.5 Å². The molecule has 1 atom stereocenters. The minimum atomic E-state index is -5.05. The Hall–Kier alpha value is -2.47. The number of alkyl halides is 6. The van der Waals surface area contributed by atoms with Crippen LogP contribution in [0.2, 0.25) is 10.0 Å². The van der Waals surface area contributed by atoms with E-state index in [9.17, 15) is 31.1 Å². The summed E-state index contributed by atoms with van der Waals surface area (Å²) in [7, 11) is 0. The maximum Gasteiger partial charge on any atom is 0.416 e. The Kier molecular flexibility index (Phi) is 12.6. The highest BCUT2D eigenvalue weighted by atomic mass is 35.5. The molecule has 5 nitrogen and oxygen atoms in total. The third-order valence-corrected chi connectivity index (χ3v) is 10.3. The SMILES string of the molecule is N=CCC[C@](CCN1CCC(N2CCCCC2)CC1)(CC(=N)C(=O)Cc1cc(C(F)(F)F)cc(C(F)(F)F)c1)c1ccc(Cl)c(Cl)c1. The predicted molar refractivity (Wildman–Crippen MR) is 173 cm³/mol. The van der Waals surface area contributed by atoms with Crippen molar-refractivity contribution in [3.63, 3.8) is 0 Å². The molecule has 2 aromatic carbocycles. The van der Waals surface area contributed by atoms with E-state index in [1.807, 2.05) is 0 Å². The van der Waals surface area contributed by atoms with E-state index in [4.69, 9.17) is 34.0 Å². The highest BCUT2D eigenvalue weighted by Crippen LogP contribution is 2.41. The monoisotopic (exact) mass is 704 g/mol. The maximum atomic E-state index is 13.4. The van der Waals surface area contributed by atoms with Gasteiger partial charge in [0, 0.05) is 24.3 Å². The molecule has 0 aromatic heterocycles. The minimum Gasteiger partial charge on any atom is -0.313 e. The molecular formula is C34H40Cl2F6N4O. The Labute approximate surface area is 281 Å². The average Bonchev–Trinajstić information content (AvgIpc) is 3.03. The summed E-state index contributed by atoms with van der Waals surface area (Å²) >= 11 is 12.6. The number of nitrogens with zero attached hydrogens (tertiary/aromatic N) is 2. The predicted octanol–water partition coefficient (Wildman–Crippen LogP) is 9.26. The molecule has 0 spiro atoms. The molecule has 2 heterocycles. The van der Waals surface area contributed by atoms with Gasteiger partial charge < -0.3 is 20.6 Å². The second-order valence-corrected chi connectivity index (χ2v) is 13.6. The van der Waals surface area contributed by atoms with E-state index >= 15 is 0 Å². The van der Waals surface area contributed by atoms with E-state index in [1.165, 1.54) is 25.5 Å². The van der Waals surface area contributed by atoms with Gasteiger partial charge in [-0.2, -0.15) is 26.3 Å². The maximum absolute atomic E-state index is 13.4. The molecule has 13 heteroatoms. The molecule has 2 N–H and O–H groups in total. The van der Waals surface area contributed by atoms with Gasteiger partial charge >= 0.3 is 12.4 Å². The Bertz CT molecular complexity index is 1390. The normalized spacial score (nSPS) is 18.6. The van der Waals surface area contributed by atoms with Crippen molar-refractivity contribution in [2.24, 2.45) is 0 Å². The number of rotatable bonds is 13. The first-order valence-electron chi connectivity index (χ1n) is 15.9. The molecule has 2 saturated heterocycles. The Morgan fingerprint density at radius 2 is 1.45 bits per heavy atom. The molecule has 0 bridgehead atoms. The molecule has 0 saturated carbocycles. The first kappa shape index (κ1) is 37.4. The van der Waals surface area contributed by atoms with Gasteiger partial charge in [0.05, 0.1) is 26.9 Å². The van der Waals surface area contributed by atoms with Crippen LogP contribution in [0.3, 0.4) is 0 Å². The second kappa shape index (κ2) is 15.8. The van der Waals surface area contributed by atoms with Crippen LogP contribution in [0.5, 0.6) is 0 Å².